The monoisotopic (exact) mass is 400 g/mol. The number of anilines is 1. The van der Waals surface area contributed by atoms with E-state index in [2.05, 4.69) is 20.3 Å². The third-order valence-electron chi connectivity index (χ3n) is 4.11. The summed E-state index contributed by atoms with van der Waals surface area (Å²) in [7, 11) is 4.44. The minimum atomic E-state index is -0.479. The zero-order valence-corrected chi connectivity index (χ0v) is 16.1. The molecule has 0 radical (unpaired) electrons. The van der Waals surface area contributed by atoms with Crippen molar-refractivity contribution in [2.75, 3.05) is 26.6 Å². The third kappa shape index (κ3) is 3.07. The van der Waals surface area contributed by atoms with Gasteiger partial charge in [0.2, 0.25) is 11.8 Å². The maximum Gasteiger partial charge on any atom is 0.268 e. The minimum absolute atomic E-state index is 0.0963. The fourth-order valence-corrected chi connectivity index (χ4v) is 3.71. The Hall–Kier alpha value is -3.40. The molecule has 1 aliphatic heterocycles. The number of methoxy groups -OCH3 is 3. The van der Waals surface area contributed by atoms with E-state index >= 15 is 0 Å². The smallest absolute Gasteiger partial charge is 0.268 e. The van der Waals surface area contributed by atoms with Crippen LogP contribution in [0.15, 0.2) is 24.5 Å². The van der Waals surface area contributed by atoms with Gasteiger partial charge in [0.15, 0.2) is 10.7 Å². The second-order valence-corrected chi connectivity index (χ2v) is 6.75. The van der Waals surface area contributed by atoms with Gasteiger partial charge >= 0.3 is 0 Å². The lowest BCUT2D eigenvalue weighted by atomic mass is 10.1. The lowest BCUT2D eigenvalue weighted by Gasteiger charge is -2.16. The van der Waals surface area contributed by atoms with Gasteiger partial charge in [-0.1, -0.05) is 11.3 Å². The Bertz CT molecular complexity index is 1030. The molecule has 0 saturated carbocycles. The van der Waals surface area contributed by atoms with Gasteiger partial charge in [0.05, 0.1) is 31.9 Å². The molecular weight excluding hydrogens is 384 g/mol. The number of fused-ring (bicyclic) bond motifs is 3. The average molecular weight is 400 g/mol. The Labute approximate surface area is 164 Å². The topological polar surface area (TPSA) is 105 Å². The van der Waals surface area contributed by atoms with Crippen molar-refractivity contribution in [3.63, 3.8) is 0 Å². The normalized spacial score (nSPS) is 11.7. The second-order valence-electron chi connectivity index (χ2n) is 5.66. The number of ether oxygens (including phenoxy) is 4. The van der Waals surface area contributed by atoms with Gasteiger partial charge in [0, 0.05) is 5.56 Å². The molecule has 1 aromatic carbocycles. The highest BCUT2D eigenvalue weighted by Crippen LogP contribution is 2.42. The van der Waals surface area contributed by atoms with E-state index in [-0.39, 0.29) is 17.3 Å². The first-order valence-corrected chi connectivity index (χ1v) is 9.01. The number of hydrogen-bond donors (Lipinski definition) is 1. The fraction of sp³-hybridized carbons (Fsp3) is 0.222. The molecule has 2 aromatic heterocycles. The Morgan fingerprint density at radius 3 is 2.57 bits per heavy atom. The average Bonchev–Trinajstić information content (AvgIpc) is 3.15. The number of hydrogen-bond acceptors (Lipinski definition) is 9. The number of rotatable bonds is 5. The lowest BCUT2D eigenvalue weighted by molar-refractivity contribution is 0.101. The number of benzene rings is 1. The fourth-order valence-electron chi connectivity index (χ4n) is 2.82. The molecule has 144 valence electrons. The van der Waals surface area contributed by atoms with E-state index in [9.17, 15) is 4.79 Å². The molecule has 1 aliphatic rings. The molecule has 3 heterocycles. The van der Waals surface area contributed by atoms with Crippen LogP contribution < -0.4 is 24.3 Å². The first-order chi connectivity index (χ1) is 13.6. The SMILES string of the molecule is COc1ccc2c(c1)-c1nc(NC(=O)c3c(OC)ncnc3OC)sc1CO2. The molecule has 0 spiro atoms. The van der Waals surface area contributed by atoms with Crippen molar-refractivity contribution in [1.29, 1.82) is 0 Å². The van der Waals surface area contributed by atoms with Crippen LogP contribution in [0, 0.1) is 0 Å². The zero-order valence-electron chi connectivity index (χ0n) is 15.3. The predicted octanol–water partition coefficient (Wildman–Crippen LogP) is 2.77. The Morgan fingerprint density at radius 1 is 1.14 bits per heavy atom. The van der Waals surface area contributed by atoms with Crippen molar-refractivity contribution in [3.8, 4) is 34.5 Å². The number of aromatic nitrogens is 3. The summed E-state index contributed by atoms with van der Waals surface area (Å²) in [5, 5.41) is 3.18. The van der Waals surface area contributed by atoms with Crippen LogP contribution in [0.3, 0.4) is 0 Å². The van der Waals surface area contributed by atoms with Crippen LogP contribution in [-0.4, -0.2) is 42.2 Å². The van der Waals surface area contributed by atoms with E-state index in [0.29, 0.717) is 17.5 Å². The minimum Gasteiger partial charge on any atom is -0.497 e. The molecule has 10 heteroatoms. The van der Waals surface area contributed by atoms with E-state index in [1.807, 2.05) is 18.2 Å². The standard InChI is InChI=1S/C18H16N4O5S/c1-24-9-4-5-11-10(6-9)14-12(7-27-11)28-18(21-14)22-15(23)13-16(25-2)19-8-20-17(13)26-3/h4-6,8H,7H2,1-3H3,(H,21,22,23). The Balaban J connectivity index is 1.67. The lowest BCUT2D eigenvalue weighted by Crippen LogP contribution is -2.16. The van der Waals surface area contributed by atoms with Crippen LogP contribution >= 0.6 is 11.3 Å². The summed E-state index contributed by atoms with van der Waals surface area (Å²) in [5.41, 5.74) is 1.67. The van der Waals surface area contributed by atoms with Crippen LogP contribution in [0.25, 0.3) is 11.3 Å². The molecular formula is C18H16N4O5S. The third-order valence-corrected chi connectivity index (χ3v) is 5.05. The molecule has 28 heavy (non-hydrogen) atoms. The Kier molecular flexibility index (Phi) is 4.70. The highest BCUT2D eigenvalue weighted by Gasteiger charge is 2.26. The molecule has 9 nitrogen and oxygen atoms in total. The van der Waals surface area contributed by atoms with E-state index in [4.69, 9.17) is 18.9 Å². The molecule has 1 amide bonds. The summed E-state index contributed by atoms with van der Waals surface area (Å²) in [4.78, 5) is 26.2. The van der Waals surface area contributed by atoms with Crippen molar-refractivity contribution in [2.45, 2.75) is 6.61 Å². The van der Waals surface area contributed by atoms with Crippen molar-refractivity contribution in [3.05, 3.63) is 35.0 Å². The van der Waals surface area contributed by atoms with Gasteiger partial charge < -0.3 is 18.9 Å². The molecule has 0 atom stereocenters. The maximum atomic E-state index is 12.8. The summed E-state index contributed by atoms with van der Waals surface area (Å²) in [6.45, 7) is 0.378. The quantitative estimate of drug-likeness (QED) is 0.697. The van der Waals surface area contributed by atoms with Crippen LogP contribution in [0.5, 0.6) is 23.3 Å². The van der Waals surface area contributed by atoms with E-state index in [1.165, 1.54) is 31.9 Å². The number of nitrogens with one attached hydrogen (secondary N) is 1. The molecule has 0 aliphatic carbocycles. The number of carbonyl (C=O) groups is 1. The van der Waals surface area contributed by atoms with Gasteiger partial charge in [-0.25, -0.2) is 15.0 Å². The molecule has 0 bridgehead atoms. The number of thiazole rings is 1. The molecule has 1 N–H and O–H groups in total. The molecule has 0 fully saturated rings. The van der Waals surface area contributed by atoms with E-state index < -0.39 is 5.91 Å². The Morgan fingerprint density at radius 2 is 1.89 bits per heavy atom. The number of carbonyl (C=O) groups excluding carboxylic acids is 1. The van der Waals surface area contributed by atoms with Gasteiger partial charge in [0.25, 0.3) is 5.91 Å². The van der Waals surface area contributed by atoms with Crippen LogP contribution in [-0.2, 0) is 6.61 Å². The molecule has 0 unspecified atom stereocenters. The van der Waals surface area contributed by atoms with Gasteiger partial charge in [-0.2, -0.15) is 0 Å². The molecule has 0 saturated heterocycles. The van der Waals surface area contributed by atoms with Crippen LogP contribution in [0.4, 0.5) is 5.13 Å². The van der Waals surface area contributed by atoms with Crippen molar-refractivity contribution in [2.24, 2.45) is 0 Å². The highest BCUT2D eigenvalue weighted by molar-refractivity contribution is 7.16. The highest BCUT2D eigenvalue weighted by atomic mass is 32.1. The van der Waals surface area contributed by atoms with Gasteiger partial charge in [-0.05, 0) is 18.2 Å². The van der Waals surface area contributed by atoms with E-state index in [1.54, 1.807) is 7.11 Å². The summed E-state index contributed by atoms with van der Waals surface area (Å²) >= 11 is 1.33. The first-order valence-electron chi connectivity index (χ1n) is 8.19. The predicted molar refractivity (Wildman–Crippen MR) is 102 cm³/mol. The summed E-state index contributed by atoms with van der Waals surface area (Å²) in [6.07, 6.45) is 1.26. The van der Waals surface area contributed by atoms with Crippen molar-refractivity contribution >= 4 is 22.4 Å². The largest absolute Gasteiger partial charge is 0.497 e. The number of nitrogens with zero attached hydrogens (tertiary/aromatic N) is 3. The van der Waals surface area contributed by atoms with E-state index in [0.717, 1.165) is 21.9 Å². The van der Waals surface area contributed by atoms with Crippen molar-refractivity contribution < 1.29 is 23.7 Å². The maximum absolute atomic E-state index is 12.8. The summed E-state index contributed by atoms with van der Waals surface area (Å²) < 4.78 is 21.4. The van der Waals surface area contributed by atoms with Gasteiger partial charge in [-0.15, -0.1) is 0 Å². The molecule has 3 aromatic rings. The number of amides is 1. The van der Waals surface area contributed by atoms with Gasteiger partial charge in [-0.3, -0.25) is 10.1 Å². The second kappa shape index (κ2) is 7.31. The first kappa shape index (κ1) is 18.0. The zero-order chi connectivity index (χ0) is 19.7. The van der Waals surface area contributed by atoms with Crippen LogP contribution in [0.1, 0.15) is 15.2 Å². The molecule has 4 rings (SSSR count). The summed E-state index contributed by atoms with van der Waals surface area (Å²) in [6, 6.07) is 5.52. The van der Waals surface area contributed by atoms with Crippen molar-refractivity contribution in [1.82, 2.24) is 15.0 Å². The van der Waals surface area contributed by atoms with Gasteiger partial charge in [0.1, 0.15) is 24.4 Å². The summed E-state index contributed by atoms with van der Waals surface area (Å²) in [5.74, 6) is 1.17. The van der Waals surface area contributed by atoms with Crippen LogP contribution in [0.2, 0.25) is 0 Å².